The number of hydrogen-bond acceptors (Lipinski definition) is 3. The molecule has 0 aliphatic carbocycles. The molecule has 0 spiro atoms. The molecular formula is C13H13Cl2NO4. The predicted molar refractivity (Wildman–Crippen MR) is 76.7 cm³/mol. The van der Waals surface area contributed by atoms with Gasteiger partial charge in [-0.1, -0.05) is 29.3 Å². The van der Waals surface area contributed by atoms with E-state index in [1.165, 1.54) is 19.1 Å². The Labute approximate surface area is 125 Å². The van der Waals surface area contributed by atoms with Crippen molar-refractivity contribution < 1.29 is 19.8 Å². The molecule has 2 unspecified atom stereocenters. The lowest BCUT2D eigenvalue weighted by Gasteiger charge is -2.15. The van der Waals surface area contributed by atoms with Crippen molar-refractivity contribution in [2.24, 2.45) is 0 Å². The number of carboxylic acids is 1. The maximum atomic E-state index is 11.6. The Hall–Kier alpha value is -1.56. The van der Waals surface area contributed by atoms with E-state index in [9.17, 15) is 14.7 Å². The van der Waals surface area contributed by atoms with E-state index in [2.05, 4.69) is 5.32 Å². The first-order valence-electron chi connectivity index (χ1n) is 5.65. The number of carboxylic acid groups (broad SMARTS) is 1. The van der Waals surface area contributed by atoms with Gasteiger partial charge >= 0.3 is 5.97 Å². The Kier molecular flexibility index (Phi) is 6.01. The van der Waals surface area contributed by atoms with Crippen LogP contribution in [0.15, 0.2) is 24.3 Å². The lowest BCUT2D eigenvalue weighted by Crippen LogP contribution is -2.47. The summed E-state index contributed by atoms with van der Waals surface area (Å²) in [5, 5.41) is 21.1. The minimum absolute atomic E-state index is 0.367. The highest BCUT2D eigenvalue weighted by molar-refractivity contribution is 6.35. The monoisotopic (exact) mass is 317 g/mol. The molecule has 1 amide bonds. The normalized spacial score (nSPS) is 14.0. The second kappa shape index (κ2) is 7.28. The van der Waals surface area contributed by atoms with Crippen molar-refractivity contribution in [3.05, 3.63) is 39.9 Å². The van der Waals surface area contributed by atoms with Crippen LogP contribution in [-0.4, -0.2) is 34.2 Å². The Morgan fingerprint density at radius 3 is 2.50 bits per heavy atom. The number of aliphatic hydroxyl groups is 1. The SMILES string of the molecule is CC(O)C(NC(=O)/C=C/c1ccc(Cl)cc1Cl)C(=O)O. The third kappa shape index (κ3) is 4.85. The van der Waals surface area contributed by atoms with Gasteiger partial charge in [-0.15, -0.1) is 0 Å². The van der Waals surface area contributed by atoms with E-state index in [0.29, 0.717) is 15.6 Å². The summed E-state index contributed by atoms with van der Waals surface area (Å²) >= 11 is 11.7. The highest BCUT2D eigenvalue weighted by Gasteiger charge is 2.23. The van der Waals surface area contributed by atoms with Gasteiger partial charge in [0.2, 0.25) is 5.91 Å². The molecule has 2 atom stereocenters. The standard InChI is InChI=1S/C13H13Cl2NO4/c1-7(17)12(13(19)20)16-11(18)5-3-8-2-4-9(14)6-10(8)15/h2-7,12,17H,1H3,(H,16,18)(H,19,20)/b5-3+. The van der Waals surface area contributed by atoms with Crippen LogP contribution in [-0.2, 0) is 9.59 Å². The van der Waals surface area contributed by atoms with Crippen LogP contribution in [0.4, 0.5) is 0 Å². The number of aliphatic carboxylic acids is 1. The first-order valence-corrected chi connectivity index (χ1v) is 6.41. The molecule has 0 saturated heterocycles. The molecule has 3 N–H and O–H groups in total. The summed E-state index contributed by atoms with van der Waals surface area (Å²) in [5.41, 5.74) is 0.565. The highest BCUT2D eigenvalue weighted by Crippen LogP contribution is 2.21. The Morgan fingerprint density at radius 2 is 2.00 bits per heavy atom. The smallest absolute Gasteiger partial charge is 0.328 e. The molecule has 108 valence electrons. The van der Waals surface area contributed by atoms with Crippen LogP contribution in [0.25, 0.3) is 6.08 Å². The summed E-state index contributed by atoms with van der Waals surface area (Å²) in [5.74, 6) is -1.96. The van der Waals surface area contributed by atoms with Crippen LogP contribution in [0.2, 0.25) is 10.0 Å². The minimum atomic E-state index is -1.37. The number of rotatable bonds is 5. The molecule has 0 aromatic heterocycles. The van der Waals surface area contributed by atoms with E-state index in [4.69, 9.17) is 28.3 Å². The number of nitrogens with one attached hydrogen (secondary N) is 1. The number of hydrogen-bond donors (Lipinski definition) is 3. The van der Waals surface area contributed by atoms with Gasteiger partial charge in [-0.05, 0) is 30.7 Å². The van der Waals surface area contributed by atoms with Crippen molar-refractivity contribution in [3.8, 4) is 0 Å². The van der Waals surface area contributed by atoms with Gasteiger partial charge in [0.1, 0.15) is 0 Å². The van der Waals surface area contributed by atoms with Crippen LogP contribution in [0.3, 0.4) is 0 Å². The molecule has 7 heteroatoms. The van der Waals surface area contributed by atoms with Gasteiger partial charge in [0.25, 0.3) is 0 Å². The molecule has 1 aromatic carbocycles. The Morgan fingerprint density at radius 1 is 1.35 bits per heavy atom. The third-order valence-corrected chi connectivity index (χ3v) is 2.99. The number of amides is 1. The van der Waals surface area contributed by atoms with Gasteiger partial charge < -0.3 is 15.5 Å². The molecule has 5 nitrogen and oxygen atoms in total. The van der Waals surface area contributed by atoms with Crippen LogP contribution in [0.1, 0.15) is 12.5 Å². The topological polar surface area (TPSA) is 86.6 Å². The van der Waals surface area contributed by atoms with E-state index in [-0.39, 0.29) is 0 Å². The van der Waals surface area contributed by atoms with Crippen LogP contribution < -0.4 is 5.32 Å². The molecule has 0 aliphatic rings. The zero-order valence-electron chi connectivity index (χ0n) is 10.5. The van der Waals surface area contributed by atoms with E-state index < -0.39 is 24.0 Å². The number of carbonyl (C=O) groups excluding carboxylic acids is 1. The zero-order chi connectivity index (χ0) is 15.3. The van der Waals surface area contributed by atoms with E-state index in [1.807, 2.05) is 0 Å². The van der Waals surface area contributed by atoms with Crippen molar-refractivity contribution in [1.29, 1.82) is 0 Å². The Bertz CT molecular complexity index is 543. The molecule has 1 aromatic rings. The largest absolute Gasteiger partial charge is 0.480 e. The number of aliphatic hydroxyl groups excluding tert-OH is 1. The fraction of sp³-hybridized carbons (Fsp3) is 0.231. The average molecular weight is 318 g/mol. The van der Waals surface area contributed by atoms with Crippen molar-refractivity contribution >= 4 is 41.2 Å². The molecule has 0 fully saturated rings. The van der Waals surface area contributed by atoms with Gasteiger partial charge in [0.05, 0.1) is 6.10 Å². The second-order valence-corrected chi connectivity index (χ2v) is 4.91. The molecule has 20 heavy (non-hydrogen) atoms. The van der Waals surface area contributed by atoms with E-state index >= 15 is 0 Å². The zero-order valence-corrected chi connectivity index (χ0v) is 12.0. The summed E-state index contributed by atoms with van der Waals surface area (Å²) in [6.45, 7) is 1.28. The van der Waals surface area contributed by atoms with Crippen LogP contribution >= 0.6 is 23.2 Å². The van der Waals surface area contributed by atoms with Crippen molar-refractivity contribution in [1.82, 2.24) is 5.32 Å². The molecule has 0 heterocycles. The maximum Gasteiger partial charge on any atom is 0.328 e. The minimum Gasteiger partial charge on any atom is -0.480 e. The number of carbonyl (C=O) groups is 2. The number of halogens is 2. The van der Waals surface area contributed by atoms with Gasteiger partial charge in [0, 0.05) is 16.1 Å². The van der Waals surface area contributed by atoms with E-state index in [1.54, 1.807) is 12.1 Å². The second-order valence-electron chi connectivity index (χ2n) is 4.06. The Balaban J connectivity index is 2.75. The predicted octanol–water partition coefficient (Wildman–Crippen LogP) is 1.96. The molecule has 0 radical (unpaired) electrons. The van der Waals surface area contributed by atoms with Crippen LogP contribution in [0, 0.1) is 0 Å². The summed E-state index contributed by atoms with van der Waals surface area (Å²) in [6.07, 6.45) is 1.35. The van der Waals surface area contributed by atoms with Crippen molar-refractivity contribution in [2.75, 3.05) is 0 Å². The highest BCUT2D eigenvalue weighted by atomic mass is 35.5. The number of benzene rings is 1. The molecule has 0 aliphatic heterocycles. The molecular weight excluding hydrogens is 305 g/mol. The molecule has 1 rings (SSSR count). The summed E-state index contributed by atoms with van der Waals surface area (Å²) < 4.78 is 0. The van der Waals surface area contributed by atoms with Crippen molar-refractivity contribution in [2.45, 2.75) is 19.1 Å². The van der Waals surface area contributed by atoms with Crippen LogP contribution in [0.5, 0.6) is 0 Å². The van der Waals surface area contributed by atoms with Gasteiger partial charge in [-0.25, -0.2) is 4.79 Å². The first-order chi connectivity index (χ1) is 9.31. The lowest BCUT2D eigenvalue weighted by molar-refractivity contribution is -0.144. The van der Waals surface area contributed by atoms with Gasteiger partial charge in [0.15, 0.2) is 6.04 Å². The summed E-state index contributed by atoms with van der Waals surface area (Å²) in [4.78, 5) is 22.4. The first kappa shape index (κ1) is 16.5. The van der Waals surface area contributed by atoms with Gasteiger partial charge in [-0.2, -0.15) is 0 Å². The fourth-order valence-corrected chi connectivity index (χ4v) is 1.86. The van der Waals surface area contributed by atoms with E-state index in [0.717, 1.165) is 6.08 Å². The van der Waals surface area contributed by atoms with Crippen molar-refractivity contribution in [3.63, 3.8) is 0 Å². The molecule has 0 saturated carbocycles. The van der Waals surface area contributed by atoms with Gasteiger partial charge in [-0.3, -0.25) is 4.79 Å². The summed E-state index contributed by atoms with van der Waals surface area (Å²) in [6, 6.07) is 3.39. The fourth-order valence-electron chi connectivity index (χ4n) is 1.39. The lowest BCUT2D eigenvalue weighted by atomic mass is 10.1. The average Bonchev–Trinajstić information content (AvgIpc) is 2.34. The quantitative estimate of drug-likeness (QED) is 0.724. The maximum absolute atomic E-state index is 11.6. The summed E-state index contributed by atoms with van der Waals surface area (Å²) in [7, 11) is 0. The third-order valence-electron chi connectivity index (χ3n) is 2.42. The molecule has 0 bridgehead atoms.